The second kappa shape index (κ2) is 6.60. The van der Waals surface area contributed by atoms with E-state index in [2.05, 4.69) is 15.0 Å². The van der Waals surface area contributed by atoms with Crippen molar-refractivity contribution in [1.29, 1.82) is 0 Å². The summed E-state index contributed by atoms with van der Waals surface area (Å²) in [4.78, 5) is 11.7. The van der Waals surface area contributed by atoms with Crippen LogP contribution in [0.3, 0.4) is 0 Å². The van der Waals surface area contributed by atoms with Gasteiger partial charge in [0.15, 0.2) is 17.4 Å². The normalized spacial score (nSPS) is 28.8. The Kier molecular flexibility index (Phi) is 4.68. The van der Waals surface area contributed by atoms with E-state index in [4.69, 9.17) is 4.74 Å². The van der Waals surface area contributed by atoms with E-state index in [0.717, 1.165) is 6.33 Å². The molecule has 1 aliphatic heterocycles. The minimum absolute atomic E-state index is 0.165. The van der Waals surface area contributed by atoms with Crippen LogP contribution in [0, 0.1) is 12.3 Å². The SMILES string of the molecule is CC(C)C[CH][C@@H](O)[C@H]1O[C@@H](n2cnc3c(O)ncnc32)[C@H](O)[C@@H]1O. The molecule has 9 nitrogen and oxygen atoms in total. The van der Waals surface area contributed by atoms with Crippen molar-refractivity contribution in [2.75, 3.05) is 0 Å². The summed E-state index contributed by atoms with van der Waals surface area (Å²) in [7, 11) is 0. The van der Waals surface area contributed by atoms with Crippen molar-refractivity contribution >= 4 is 11.2 Å². The molecule has 2 aromatic heterocycles. The van der Waals surface area contributed by atoms with E-state index in [1.165, 1.54) is 10.9 Å². The Hall–Kier alpha value is -1.81. The van der Waals surface area contributed by atoms with Gasteiger partial charge in [-0.3, -0.25) is 4.57 Å². The average molecular weight is 337 g/mol. The van der Waals surface area contributed by atoms with E-state index in [-0.39, 0.29) is 17.0 Å². The van der Waals surface area contributed by atoms with Gasteiger partial charge in [0.25, 0.3) is 0 Å². The molecule has 0 amide bonds. The molecule has 2 aromatic rings. The van der Waals surface area contributed by atoms with Gasteiger partial charge in [-0.2, -0.15) is 4.98 Å². The minimum Gasteiger partial charge on any atom is -0.492 e. The van der Waals surface area contributed by atoms with Gasteiger partial charge in [0.1, 0.15) is 24.6 Å². The summed E-state index contributed by atoms with van der Waals surface area (Å²) in [5, 5.41) is 40.4. The molecule has 5 atom stereocenters. The standard InChI is InChI=1S/C15H21N4O5/c1-7(2)3-4-8(20)12-10(21)11(22)15(24-12)19-6-18-9-13(19)16-5-17-14(9)23/h4-8,10-12,15,20-22H,3H2,1-2H3,(H,16,17,23)/t8-,10+,11-,12-,15-/m1/s1. The number of ether oxygens (including phenoxy) is 1. The third kappa shape index (κ3) is 2.95. The maximum atomic E-state index is 10.3. The fourth-order valence-electron chi connectivity index (χ4n) is 2.77. The lowest BCUT2D eigenvalue weighted by molar-refractivity contribution is -0.0749. The lowest BCUT2D eigenvalue weighted by atomic mass is 9.98. The highest BCUT2D eigenvalue weighted by molar-refractivity contribution is 5.75. The second-order valence-corrected chi connectivity index (χ2v) is 6.35. The first-order valence-corrected chi connectivity index (χ1v) is 7.79. The number of fused-ring (bicyclic) bond motifs is 1. The van der Waals surface area contributed by atoms with Crippen LogP contribution in [-0.2, 0) is 4.74 Å². The first kappa shape index (κ1) is 17.0. The van der Waals surface area contributed by atoms with Crippen LogP contribution in [0.2, 0.25) is 0 Å². The van der Waals surface area contributed by atoms with E-state index in [1.54, 1.807) is 6.42 Å². The highest BCUT2D eigenvalue weighted by atomic mass is 16.6. The molecule has 131 valence electrons. The van der Waals surface area contributed by atoms with Crippen molar-refractivity contribution in [1.82, 2.24) is 19.5 Å². The molecule has 0 aromatic carbocycles. The minimum atomic E-state index is -1.27. The summed E-state index contributed by atoms with van der Waals surface area (Å²) < 4.78 is 7.07. The van der Waals surface area contributed by atoms with Crippen molar-refractivity contribution in [3.8, 4) is 5.88 Å². The predicted molar refractivity (Wildman–Crippen MR) is 82.7 cm³/mol. The van der Waals surface area contributed by atoms with Gasteiger partial charge in [0.05, 0.1) is 12.4 Å². The topological polar surface area (TPSA) is 134 Å². The van der Waals surface area contributed by atoms with Crippen molar-refractivity contribution in [3.63, 3.8) is 0 Å². The maximum absolute atomic E-state index is 10.3. The highest BCUT2D eigenvalue weighted by Gasteiger charge is 2.47. The molecule has 3 rings (SSSR count). The summed E-state index contributed by atoms with van der Waals surface area (Å²) in [6, 6.07) is 0. The van der Waals surface area contributed by atoms with E-state index in [1.807, 2.05) is 13.8 Å². The predicted octanol–water partition coefficient (Wildman–Crippen LogP) is -0.238. The molecule has 4 N–H and O–H groups in total. The molecule has 9 heteroatoms. The van der Waals surface area contributed by atoms with Crippen LogP contribution in [0.25, 0.3) is 11.2 Å². The van der Waals surface area contributed by atoms with Crippen LogP contribution < -0.4 is 0 Å². The number of hydrogen-bond donors (Lipinski definition) is 4. The zero-order valence-electron chi connectivity index (χ0n) is 13.4. The van der Waals surface area contributed by atoms with Gasteiger partial charge in [-0.1, -0.05) is 13.8 Å². The van der Waals surface area contributed by atoms with E-state index in [0.29, 0.717) is 12.3 Å². The van der Waals surface area contributed by atoms with E-state index < -0.39 is 30.6 Å². The zero-order valence-corrected chi connectivity index (χ0v) is 13.4. The molecule has 1 fully saturated rings. The van der Waals surface area contributed by atoms with Crippen LogP contribution in [0.5, 0.6) is 5.88 Å². The number of imidazole rings is 1. The van der Waals surface area contributed by atoms with E-state index >= 15 is 0 Å². The van der Waals surface area contributed by atoms with Gasteiger partial charge < -0.3 is 25.2 Å². The van der Waals surface area contributed by atoms with Crippen molar-refractivity contribution in [3.05, 3.63) is 19.1 Å². The zero-order chi connectivity index (χ0) is 17.4. The van der Waals surface area contributed by atoms with Gasteiger partial charge in [0, 0.05) is 0 Å². The fraction of sp³-hybridized carbons (Fsp3) is 0.600. The summed E-state index contributed by atoms with van der Waals surface area (Å²) >= 11 is 0. The fourth-order valence-corrected chi connectivity index (χ4v) is 2.77. The average Bonchev–Trinajstić information content (AvgIpc) is 3.09. The number of nitrogens with zero attached hydrogens (tertiary/aromatic N) is 4. The Labute approximate surface area is 138 Å². The molecule has 0 spiro atoms. The van der Waals surface area contributed by atoms with Gasteiger partial charge >= 0.3 is 0 Å². The van der Waals surface area contributed by atoms with Crippen molar-refractivity contribution in [2.24, 2.45) is 5.92 Å². The largest absolute Gasteiger partial charge is 0.492 e. The molecule has 1 aliphatic rings. The quantitative estimate of drug-likeness (QED) is 0.587. The summed E-state index contributed by atoms with van der Waals surface area (Å²) in [6.07, 6.45) is -0.671. The monoisotopic (exact) mass is 337 g/mol. The lowest BCUT2D eigenvalue weighted by Gasteiger charge is -2.21. The molecule has 24 heavy (non-hydrogen) atoms. The Bertz CT molecular complexity index is 706. The van der Waals surface area contributed by atoms with Crippen molar-refractivity contribution in [2.45, 2.75) is 50.9 Å². The van der Waals surface area contributed by atoms with Crippen LogP contribution >= 0.6 is 0 Å². The highest BCUT2D eigenvalue weighted by Crippen LogP contribution is 2.34. The molecule has 0 saturated carbocycles. The molecule has 0 bridgehead atoms. The molecule has 1 saturated heterocycles. The Morgan fingerprint density at radius 2 is 2.00 bits per heavy atom. The number of aliphatic hydroxyl groups is 3. The smallest absolute Gasteiger partial charge is 0.242 e. The molecular formula is C15H21N4O5. The Balaban J connectivity index is 1.83. The Morgan fingerprint density at radius 1 is 1.25 bits per heavy atom. The van der Waals surface area contributed by atoms with Crippen molar-refractivity contribution < 1.29 is 25.2 Å². The van der Waals surface area contributed by atoms with Gasteiger partial charge in [0.2, 0.25) is 5.88 Å². The summed E-state index contributed by atoms with van der Waals surface area (Å²) in [6.45, 7) is 4.02. The molecule has 0 unspecified atom stereocenters. The molecular weight excluding hydrogens is 316 g/mol. The van der Waals surface area contributed by atoms with Gasteiger partial charge in [-0.05, 0) is 18.8 Å². The Morgan fingerprint density at radius 3 is 2.71 bits per heavy atom. The summed E-state index contributed by atoms with van der Waals surface area (Å²) in [5.41, 5.74) is 0.429. The van der Waals surface area contributed by atoms with Crippen LogP contribution in [0.1, 0.15) is 26.5 Å². The van der Waals surface area contributed by atoms with Gasteiger partial charge in [-0.15, -0.1) is 0 Å². The van der Waals surface area contributed by atoms with Crippen LogP contribution in [0.4, 0.5) is 0 Å². The van der Waals surface area contributed by atoms with E-state index in [9.17, 15) is 20.4 Å². The third-order valence-corrected chi connectivity index (χ3v) is 4.07. The molecule has 1 radical (unpaired) electrons. The van der Waals surface area contributed by atoms with Gasteiger partial charge in [-0.25, -0.2) is 9.97 Å². The van der Waals surface area contributed by atoms with Crippen LogP contribution in [-0.4, -0.2) is 64.4 Å². The lowest BCUT2D eigenvalue weighted by Crippen LogP contribution is -2.39. The molecule has 0 aliphatic carbocycles. The number of rotatable bonds is 5. The number of hydrogen-bond acceptors (Lipinski definition) is 8. The first-order chi connectivity index (χ1) is 11.4. The third-order valence-electron chi connectivity index (χ3n) is 4.07. The molecule has 3 heterocycles. The second-order valence-electron chi connectivity index (χ2n) is 6.35. The number of aromatic nitrogens is 4. The number of aliphatic hydroxyl groups excluding tert-OH is 3. The van der Waals surface area contributed by atoms with Crippen LogP contribution in [0.15, 0.2) is 12.7 Å². The number of aromatic hydroxyl groups is 1. The first-order valence-electron chi connectivity index (χ1n) is 7.79. The maximum Gasteiger partial charge on any atom is 0.242 e. The summed E-state index contributed by atoms with van der Waals surface area (Å²) in [5.74, 6) is 0.0739.